The van der Waals surface area contributed by atoms with Crippen molar-refractivity contribution in [3.63, 3.8) is 0 Å². The van der Waals surface area contributed by atoms with E-state index in [4.69, 9.17) is 17.0 Å². The molecule has 0 spiro atoms. The van der Waals surface area contributed by atoms with Crippen molar-refractivity contribution in [3.05, 3.63) is 53.6 Å². The summed E-state index contributed by atoms with van der Waals surface area (Å²) in [5, 5.41) is 8.53. The van der Waals surface area contributed by atoms with Gasteiger partial charge in [0, 0.05) is 23.9 Å². The van der Waals surface area contributed by atoms with Gasteiger partial charge in [0.15, 0.2) is 5.11 Å². The minimum atomic E-state index is -0.332. The van der Waals surface area contributed by atoms with Crippen molar-refractivity contribution in [2.24, 2.45) is 0 Å². The highest BCUT2D eigenvalue weighted by atomic mass is 32.1. The van der Waals surface area contributed by atoms with Crippen LogP contribution in [0.2, 0.25) is 0 Å². The van der Waals surface area contributed by atoms with Gasteiger partial charge in [-0.2, -0.15) is 0 Å². The second-order valence-electron chi connectivity index (χ2n) is 6.48. The van der Waals surface area contributed by atoms with Crippen LogP contribution >= 0.6 is 12.2 Å². The largest absolute Gasteiger partial charge is 0.491 e. The highest BCUT2D eigenvalue weighted by Gasteiger charge is 2.11. The molecular weight excluding hydrogens is 374 g/mol. The monoisotopic (exact) mass is 399 g/mol. The lowest BCUT2D eigenvalue weighted by Gasteiger charge is -2.14. The average Bonchev–Trinajstić information content (AvgIpc) is 2.64. The van der Waals surface area contributed by atoms with E-state index in [1.54, 1.807) is 24.3 Å². The van der Waals surface area contributed by atoms with E-state index < -0.39 is 0 Å². The number of nitrogens with one attached hydrogen (secondary N) is 3. The van der Waals surface area contributed by atoms with Crippen molar-refractivity contribution in [2.45, 2.75) is 40.2 Å². The zero-order valence-corrected chi connectivity index (χ0v) is 17.3. The minimum absolute atomic E-state index is 0.0698. The Hall–Kier alpha value is -2.93. The molecule has 0 bridgehead atoms. The summed E-state index contributed by atoms with van der Waals surface area (Å²) in [4.78, 5) is 23.8. The van der Waals surface area contributed by atoms with Crippen LogP contribution in [0.4, 0.5) is 11.4 Å². The van der Waals surface area contributed by atoms with Crippen molar-refractivity contribution in [1.82, 2.24) is 5.32 Å². The number of benzene rings is 2. The molecule has 0 aromatic heterocycles. The number of amides is 2. The lowest BCUT2D eigenvalue weighted by molar-refractivity contribution is -0.114. The molecule has 0 aliphatic rings. The number of anilines is 2. The summed E-state index contributed by atoms with van der Waals surface area (Å²) in [6.07, 6.45) is 0.946. The Morgan fingerprint density at radius 2 is 1.89 bits per heavy atom. The standard InChI is InChI=1S/C21H25N3O3S/c1-5-14(3)27-18-8-6-7-16(11-18)20(26)24-21(28)23-17-10-9-13(2)19(12-17)22-15(4)25/h6-12,14H,5H2,1-4H3,(H,22,25)(H2,23,24,26,28). The molecule has 2 aromatic rings. The maximum Gasteiger partial charge on any atom is 0.257 e. The highest BCUT2D eigenvalue weighted by Crippen LogP contribution is 2.20. The van der Waals surface area contributed by atoms with Gasteiger partial charge < -0.3 is 15.4 Å². The van der Waals surface area contributed by atoms with Crippen LogP contribution in [0.5, 0.6) is 5.75 Å². The number of carbonyl (C=O) groups excluding carboxylic acids is 2. The summed E-state index contributed by atoms with van der Waals surface area (Å²) in [5.41, 5.74) is 2.72. The second kappa shape index (κ2) is 9.85. The Bertz CT molecular complexity index is 883. The van der Waals surface area contributed by atoms with Crippen molar-refractivity contribution < 1.29 is 14.3 Å². The van der Waals surface area contributed by atoms with E-state index in [0.29, 0.717) is 22.7 Å². The molecule has 148 valence electrons. The first-order valence-electron chi connectivity index (χ1n) is 9.05. The normalized spacial score (nSPS) is 11.3. The van der Waals surface area contributed by atoms with Crippen molar-refractivity contribution in [2.75, 3.05) is 10.6 Å². The van der Waals surface area contributed by atoms with E-state index in [9.17, 15) is 9.59 Å². The van der Waals surface area contributed by atoms with Gasteiger partial charge in [0.2, 0.25) is 5.91 Å². The number of ether oxygens (including phenoxy) is 1. The van der Waals surface area contributed by atoms with Gasteiger partial charge in [0.1, 0.15) is 5.75 Å². The van der Waals surface area contributed by atoms with Crippen LogP contribution in [-0.2, 0) is 4.79 Å². The molecule has 0 aliphatic heterocycles. The highest BCUT2D eigenvalue weighted by molar-refractivity contribution is 7.80. The molecule has 1 atom stereocenters. The van der Waals surface area contributed by atoms with Gasteiger partial charge in [-0.3, -0.25) is 14.9 Å². The fraction of sp³-hybridized carbons (Fsp3) is 0.286. The van der Waals surface area contributed by atoms with E-state index in [1.807, 2.05) is 39.0 Å². The first-order chi connectivity index (χ1) is 13.3. The van der Waals surface area contributed by atoms with Crippen LogP contribution in [0.15, 0.2) is 42.5 Å². The number of hydrogen-bond donors (Lipinski definition) is 3. The molecule has 2 rings (SSSR count). The molecule has 0 saturated carbocycles. The number of hydrogen-bond acceptors (Lipinski definition) is 4. The quantitative estimate of drug-likeness (QED) is 0.633. The van der Waals surface area contributed by atoms with Crippen LogP contribution < -0.4 is 20.7 Å². The number of rotatable bonds is 6. The fourth-order valence-corrected chi connectivity index (χ4v) is 2.60. The molecule has 0 aliphatic carbocycles. The Labute approximate surface area is 170 Å². The molecule has 2 amide bonds. The first-order valence-corrected chi connectivity index (χ1v) is 9.46. The molecule has 7 heteroatoms. The van der Waals surface area contributed by atoms with Gasteiger partial charge in [0.05, 0.1) is 6.10 Å². The number of carbonyl (C=O) groups is 2. The summed E-state index contributed by atoms with van der Waals surface area (Å²) in [7, 11) is 0. The molecule has 1 unspecified atom stereocenters. The van der Waals surface area contributed by atoms with E-state index in [1.165, 1.54) is 6.92 Å². The minimum Gasteiger partial charge on any atom is -0.491 e. The lowest BCUT2D eigenvalue weighted by Crippen LogP contribution is -2.34. The lowest BCUT2D eigenvalue weighted by atomic mass is 10.2. The summed E-state index contributed by atoms with van der Waals surface area (Å²) in [5.74, 6) is 0.149. The fourth-order valence-electron chi connectivity index (χ4n) is 2.39. The summed E-state index contributed by atoms with van der Waals surface area (Å²) < 4.78 is 5.75. The predicted octanol–water partition coefficient (Wildman–Crippen LogP) is 4.26. The summed E-state index contributed by atoms with van der Waals surface area (Å²) >= 11 is 5.24. The zero-order chi connectivity index (χ0) is 20.7. The van der Waals surface area contributed by atoms with Crippen LogP contribution in [0.3, 0.4) is 0 Å². The predicted molar refractivity (Wildman–Crippen MR) is 116 cm³/mol. The first kappa shape index (κ1) is 21.4. The van der Waals surface area contributed by atoms with Gasteiger partial charge in [-0.25, -0.2) is 0 Å². The Kier molecular flexibility index (Phi) is 7.52. The maximum absolute atomic E-state index is 12.5. The average molecular weight is 400 g/mol. The van der Waals surface area contributed by atoms with Crippen LogP contribution in [0, 0.1) is 6.92 Å². The van der Waals surface area contributed by atoms with Crippen LogP contribution in [0.1, 0.15) is 43.1 Å². The third-order valence-corrected chi connectivity index (χ3v) is 4.25. The van der Waals surface area contributed by atoms with Crippen LogP contribution in [-0.4, -0.2) is 23.0 Å². The topological polar surface area (TPSA) is 79.5 Å². The Morgan fingerprint density at radius 1 is 1.14 bits per heavy atom. The van der Waals surface area contributed by atoms with Gasteiger partial charge in [-0.15, -0.1) is 0 Å². The van der Waals surface area contributed by atoms with Crippen LogP contribution in [0.25, 0.3) is 0 Å². The van der Waals surface area contributed by atoms with Crippen molar-refractivity contribution in [3.8, 4) is 5.75 Å². The summed E-state index contributed by atoms with van der Waals surface area (Å²) in [6.45, 7) is 7.35. The van der Waals surface area contributed by atoms with Gasteiger partial charge in [0.25, 0.3) is 5.91 Å². The number of thiocarbonyl (C=S) groups is 1. The van der Waals surface area contributed by atoms with Gasteiger partial charge in [-0.1, -0.05) is 19.1 Å². The van der Waals surface area contributed by atoms with E-state index in [0.717, 1.165) is 12.0 Å². The molecule has 0 radical (unpaired) electrons. The molecule has 0 saturated heterocycles. The SMILES string of the molecule is CCC(C)Oc1cccc(C(=O)NC(=S)Nc2ccc(C)c(NC(C)=O)c2)c1. The molecular formula is C21H25N3O3S. The van der Waals surface area contributed by atoms with Crippen molar-refractivity contribution in [1.29, 1.82) is 0 Å². The van der Waals surface area contributed by atoms with E-state index >= 15 is 0 Å². The Balaban J connectivity index is 2.02. The Morgan fingerprint density at radius 3 is 2.57 bits per heavy atom. The third kappa shape index (κ3) is 6.35. The molecule has 0 fully saturated rings. The van der Waals surface area contributed by atoms with E-state index in [-0.39, 0.29) is 23.0 Å². The molecule has 6 nitrogen and oxygen atoms in total. The van der Waals surface area contributed by atoms with Crippen molar-refractivity contribution >= 4 is 40.5 Å². The zero-order valence-electron chi connectivity index (χ0n) is 16.5. The molecule has 0 heterocycles. The van der Waals surface area contributed by atoms with Gasteiger partial charge >= 0.3 is 0 Å². The second-order valence-corrected chi connectivity index (χ2v) is 6.89. The molecule has 2 aromatic carbocycles. The van der Waals surface area contributed by atoms with E-state index in [2.05, 4.69) is 16.0 Å². The maximum atomic E-state index is 12.5. The number of aryl methyl sites for hydroxylation is 1. The third-order valence-electron chi connectivity index (χ3n) is 4.04. The summed E-state index contributed by atoms with van der Waals surface area (Å²) in [6, 6.07) is 12.4. The molecule has 3 N–H and O–H groups in total. The smallest absolute Gasteiger partial charge is 0.257 e. The molecule has 28 heavy (non-hydrogen) atoms. The van der Waals surface area contributed by atoms with Gasteiger partial charge in [-0.05, 0) is 68.4 Å².